The second kappa shape index (κ2) is 10.7. The number of hydrogen-bond donors (Lipinski definition) is 5. The number of aliphatic hydroxyl groups is 4. The number of ether oxygens (including phenoxy) is 2. The fraction of sp³-hybridized carbons (Fsp3) is 0.500. The number of nitrogens with zero attached hydrogens (tertiary/aromatic N) is 4. The maximum atomic E-state index is 10.2. The van der Waals surface area contributed by atoms with E-state index < -0.39 is 31.1 Å². The number of aromatic nitrogens is 4. The van der Waals surface area contributed by atoms with Crippen LogP contribution in [0.4, 0.5) is 5.82 Å². The Hall–Kier alpha value is -2.77. The second-order valence-electron chi connectivity index (χ2n) is 5.79. The molecule has 0 bridgehead atoms. The number of nitrogens with two attached hydrogens (primary N) is 1. The third kappa shape index (κ3) is 5.19. The summed E-state index contributed by atoms with van der Waals surface area (Å²) in [5, 5.41) is 36.9. The largest absolute Gasteiger partial charge is 0.394 e. The fourth-order valence-electron chi connectivity index (χ4n) is 2.56. The van der Waals surface area contributed by atoms with Crippen LogP contribution in [0.2, 0.25) is 0 Å². The number of anilines is 1. The number of aliphatic hydroxyl groups excluding tert-OH is 4. The number of hydrogen-bond acceptors (Lipinski definition) is 10. The first kappa shape index (κ1) is 22.5. The molecule has 2 aromatic heterocycles. The lowest BCUT2D eigenvalue weighted by atomic mass is 10.1. The Kier molecular flexibility index (Phi) is 8.30. The van der Waals surface area contributed by atoms with Crippen LogP contribution in [0, 0.1) is 24.2 Å². The predicted molar refractivity (Wildman–Crippen MR) is 102 cm³/mol. The molecule has 3 rings (SSSR count). The highest BCUT2D eigenvalue weighted by molar-refractivity contribution is 5.82. The summed E-state index contributed by atoms with van der Waals surface area (Å²) in [6.45, 7) is 2.08. The second-order valence-corrected chi connectivity index (χ2v) is 5.79. The van der Waals surface area contributed by atoms with Crippen molar-refractivity contribution in [3.8, 4) is 24.2 Å². The first-order chi connectivity index (χ1) is 14.0. The summed E-state index contributed by atoms with van der Waals surface area (Å²) in [5.74, 6) is 7.82. The zero-order valence-electron chi connectivity index (χ0n) is 15.8. The van der Waals surface area contributed by atoms with Crippen molar-refractivity contribution in [2.24, 2.45) is 0 Å². The van der Waals surface area contributed by atoms with Gasteiger partial charge in [-0.05, 0) is 12.8 Å². The van der Waals surface area contributed by atoms with Gasteiger partial charge in [0, 0.05) is 6.61 Å². The molecule has 1 saturated heterocycles. The molecular weight excluding hydrogens is 382 g/mol. The lowest BCUT2D eigenvalue weighted by Crippen LogP contribution is -2.33. The highest BCUT2D eigenvalue weighted by Crippen LogP contribution is 2.31. The number of nitrogen functional groups attached to an aromatic ring is 1. The van der Waals surface area contributed by atoms with E-state index in [2.05, 4.69) is 33.2 Å². The van der Waals surface area contributed by atoms with Crippen LogP contribution in [-0.2, 0) is 9.47 Å². The van der Waals surface area contributed by atoms with Crippen LogP contribution in [0.15, 0.2) is 6.33 Å². The van der Waals surface area contributed by atoms with E-state index in [-0.39, 0.29) is 24.9 Å². The first-order valence-corrected chi connectivity index (χ1v) is 8.71. The van der Waals surface area contributed by atoms with E-state index >= 15 is 0 Å². The molecule has 0 aromatic carbocycles. The lowest BCUT2D eigenvalue weighted by Gasteiger charge is -2.16. The molecule has 2 aromatic rings. The minimum Gasteiger partial charge on any atom is -0.394 e. The van der Waals surface area contributed by atoms with Crippen molar-refractivity contribution < 1.29 is 29.9 Å². The van der Waals surface area contributed by atoms with Crippen molar-refractivity contribution in [1.82, 2.24) is 19.5 Å². The van der Waals surface area contributed by atoms with Crippen LogP contribution in [0.1, 0.15) is 19.0 Å². The van der Waals surface area contributed by atoms with Crippen molar-refractivity contribution in [2.75, 3.05) is 32.2 Å². The van der Waals surface area contributed by atoms with Gasteiger partial charge in [0.15, 0.2) is 17.7 Å². The van der Waals surface area contributed by atoms with Crippen LogP contribution in [-0.4, -0.2) is 84.7 Å². The molecule has 0 unspecified atom stereocenters. The normalized spacial score (nSPS) is 23.0. The topological polar surface area (TPSA) is 169 Å². The van der Waals surface area contributed by atoms with Gasteiger partial charge in [-0.3, -0.25) is 4.57 Å². The van der Waals surface area contributed by atoms with E-state index in [0.717, 1.165) is 0 Å². The highest BCUT2D eigenvalue weighted by Gasteiger charge is 2.44. The molecular formula is C18H23N5O6. The number of rotatable bonds is 4. The summed E-state index contributed by atoms with van der Waals surface area (Å²) in [4.78, 5) is 12.5. The number of imidazole rings is 1. The van der Waals surface area contributed by atoms with E-state index in [1.807, 2.05) is 12.8 Å². The fourth-order valence-corrected chi connectivity index (χ4v) is 2.56. The third-order valence-electron chi connectivity index (χ3n) is 3.91. The van der Waals surface area contributed by atoms with Crippen molar-refractivity contribution in [2.45, 2.75) is 31.5 Å². The molecule has 29 heavy (non-hydrogen) atoms. The standard InChI is InChI=1S/C15H19N5O5.C3H4O/c1-2-24-5-3-4-9-18-13(16)10-14(19-9)20(7-17-10)15-12(23)11(22)8(6-21)25-15;1-2-3-4/h7-8,11-12,15,21-23H,2,5-6H2,1H3,(H2,16,18,19);1,4H,3H2/t8-,11-,12-,15-;/m1./s1. The van der Waals surface area contributed by atoms with Crippen LogP contribution < -0.4 is 5.73 Å². The van der Waals surface area contributed by atoms with Gasteiger partial charge in [0.1, 0.15) is 37.0 Å². The monoisotopic (exact) mass is 405 g/mol. The van der Waals surface area contributed by atoms with Crippen LogP contribution in [0.3, 0.4) is 0 Å². The zero-order chi connectivity index (χ0) is 21.4. The molecule has 11 nitrogen and oxygen atoms in total. The minimum absolute atomic E-state index is 0.135. The molecule has 4 atom stereocenters. The molecule has 0 aliphatic carbocycles. The Morgan fingerprint density at radius 3 is 2.62 bits per heavy atom. The van der Waals surface area contributed by atoms with Gasteiger partial charge in [-0.25, -0.2) is 15.0 Å². The van der Waals surface area contributed by atoms with E-state index in [1.54, 1.807) is 0 Å². The average Bonchev–Trinajstić information content (AvgIpc) is 3.27. The van der Waals surface area contributed by atoms with Gasteiger partial charge in [0.25, 0.3) is 0 Å². The van der Waals surface area contributed by atoms with Gasteiger partial charge in [-0.1, -0.05) is 11.8 Å². The highest BCUT2D eigenvalue weighted by atomic mass is 16.6. The maximum Gasteiger partial charge on any atom is 0.209 e. The Morgan fingerprint density at radius 1 is 1.31 bits per heavy atom. The predicted octanol–water partition coefficient (Wildman–Crippen LogP) is -1.98. The summed E-state index contributed by atoms with van der Waals surface area (Å²) >= 11 is 0. The van der Waals surface area contributed by atoms with Crippen LogP contribution in [0.5, 0.6) is 0 Å². The smallest absolute Gasteiger partial charge is 0.209 e. The number of terminal acetylenes is 1. The van der Waals surface area contributed by atoms with E-state index in [0.29, 0.717) is 17.8 Å². The quantitative estimate of drug-likeness (QED) is 0.284. The summed E-state index contributed by atoms with van der Waals surface area (Å²) in [7, 11) is 0. The van der Waals surface area contributed by atoms with E-state index in [9.17, 15) is 15.3 Å². The molecule has 0 amide bonds. The molecule has 6 N–H and O–H groups in total. The molecule has 3 heterocycles. The lowest BCUT2D eigenvalue weighted by molar-refractivity contribution is -0.0511. The Balaban J connectivity index is 0.000000687. The van der Waals surface area contributed by atoms with Crippen LogP contribution in [0.25, 0.3) is 11.2 Å². The molecule has 1 aliphatic heterocycles. The SMILES string of the molecule is C#CCO.CCOCC#Cc1nc(N)c2ncn([C@@H]3O[C@H](CO)[C@@H](O)[C@H]3O)c2n1. The van der Waals surface area contributed by atoms with Crippen molar-refractivity contribution in [3.05, 3.63) is 12.2 Å². The summed E-state index contributed by atoms with van der Waals surface area (Å²) < 4.78 is 12.1. The van der Waals surface area contributed by atoms with Crippen LogP contribution >= 0.6 is 0 Å². The molecule has 156 valence electrons. The van der Waals surface area contributed by atoms with Crippen molar-refractivity contribution >= 4 is 17.0 Å². The Labute approximate surface area is 167 Å². The Morgan fingerprint density at radius 2 is 2.03 bits per heavy atom. The zero-order valence-corrected chi connectivity index (χ0v) is 15.8. The van der Waals surface area contributed by atoms with Gasteiger partial charge >= 0.3 is 0 Å². The third-order valence-corrected chi connectivity index (χ3v) is 3.91. The average molecular weight is 405 g/mol. The summed E-state index contributed by atoms with van der Waals surface area (Å²) in [6, 6.07) is 0. The molecule has 0 spiro atoms. The molecule has 11 heteroatoms. The first-order valence-electron chi connectivity index (χ1n) is 8.71. The maximum absolute atomic E-state index is 10.2. The molecule has 0 radical (unpaired) electrons. The Bertz CT molecular complexity index is 915. The van der Waals surface area contributed by atoms with Gasteiger partial charge in [0.05, 0.1) is 12.9 Å². The molecule has 1 fully saturated rings. The van der Waals surface area contributed by atoms with Gasteiger partial charge in [-0.2, -0.15) is 0 Å². The molecule has 0 saturated carbocycles. The van der Waals surface area contributed by atoms with Gasteiger partial charge in [0.2, 0.25) is 5.82 Å². The van der Waals surface area contributed by atoms with Gasteiger partial charge < -0.3 is 35.6 Å². The summed E-state index contributed by atoms with van der Waals surface area (Å²) in [5.41, 5.74) is 6.53. The number of fused-ring (bicyclic) bond motifs is 1. The van der Waals surface area contributed by atoms with Crippen molar-refractivity contribution in [1.29, 1.82) is 0 Å². The van der Waals surface area contributed by atoms with E-state index in [1.165, 1.54) is 10.9 Å². The van der Waals surface area contributed by atoms with Crippen molar-refractivity contribution in [3.63, 3.8) is 0 Å². The minimum atomic E-state index is -1.25. The molecule has 1 aliphatic rings. The van der Waals surface area contributed by atoms with Gasteiger partial charge in [-0.15, -0.1) is 6.42 Å². The summed E-state index contributed by atoms with van der Waals surface area (Å²) in [6.07, 6.45) is 1.57. The van der Waals surface area contributed by atoms with E-state index in [4.69, 9.17) is 20.3 Å².